The summed E-state index contributed by atoms with van der Waals surface area (Å²) < 4.78 is 8.43. The highest BCUT2D eigenvalue weighted by molar-refractivity contribution is 5.81. The van der Waals surface area contributed by atoms with Gasteiger partial charge >= 0.3 is 0 Å². The molecule has 39 heavy (non-hydrogen) atoms. The first-order valence-electron chi connectivity index (χ1n) is 13.8. The van der Waals surface area contributed by atoms with Gasteiger partial charge in [0.15, 0.2) is 5.79 Å². The molecule has 0 spiro atoms. The Labute approximate surface area is 230 Å². The summed E-state index contributed by atoms with van der Waals surface area (Å²) in [5, 5.41) is 16.1. The fraction of sp³-hybridized carbons (Fsp3) is 0.344. The lowest BCUT2D eigenvalue weighted by molar-refractivity contribution is -0.212. The van der Waals surface area contributed by atoms with E-state index in [1.54, 1.807) is 20.2 Å². The predicted octanol–water partition coefficient (Wildman–Crippen LogP) is 6.54. The molecule has 202 valence electrons. The number of benzene rings is 2. The second kappa shape index (κ2) is 10.8. The van der Waals surface area contributed by atoms with E-state index in [0.717, 1.165) is 60.0 Å². The van der Waals surface area contributed by atoms with E-state index in [4.69, 9.17) is 9.72 Å². The minimum absolute atomic E-state index is 0. The number of nitrogens with one attached hydrogen (secondary N) is 1. The van der Waals surface area contributed by atoms with E-state index in [9.17, 15) is 5.11 Å². The van der Waals surface area contributed by atoms with Crippen LogP contribution in [0.15, 0.2) is 85.5 Å². The number of aliphatic hydroxyl groups is 1. The van der Waals surface area contributed by atoms with Crippen molar-refractivity contribution in [1.29, 1.82) is 0 Å². The number of anilines is 1. The average molecular weight is 524 g/mol. The Morgan fingerprint density at radius 3 is 2.72 bits per heavy atom. The molecule has 3 heterocycles. The molecule has 6 rings (SSSR count). The summed E-state index contributed by atoms with van der Waals surface area (Å²) in [5.41, 5.74) is 4.44. The molecule has 0 saturated heterocycles. The molecular weight excluding hydrogens is 486 g/mol. The number of hydrogen-bond acceptors (Lipinski definition) is 6. The Kier molecular flexibility index (Phi) is 7.02. The number of aromatic nitrogens is 4. The van der Waals surface area contributed by atoms with Crippen LogP contribution in [0.5, 0.6) is 0 Å². The zero-order chi connectivity index (χ0) is 26.8. The summed E-state index contributed by atoms with van der Waals surface area (Å²) in [4.78, 5) is 13.6. The van der Waals surface area contributed by atoms with Gasteiger partial charge in [0.05, 0.1) is 11.6 Å². The van der Waals surface area contributed by atoms with Gasteiger partial charge in [-0.15, -0.1) is 0 Å². The van der Waals surface area contributed by atoms with Gasteiger partial charge < -0.3 is 19.7 Å². The molecule has 0 bridgehead atoms. The third kappa shape index (κ3) is 5.95. The molecule has 0 unspecified atom stereocenters. The van der Waals surface area contributed by atoms with Gasteiger partial charge in [-0.05, 0) is 80.8 Å². The van der Waals surface area contributed by atoms with Crippen LogP contribution in [0.2, 0.25) is 0 Å². The van der Waals surface area contributed by atoms with Crippen LogP contribution in [0.1, 0.15) is 51.7 Å². The summed E-state index contributed by atoms with van der Waals surface area (Å²) in [6.07, 6.45) is 9.26. The Balaban J connectivity index is 0.00000323. The van der Waals surface area contributed by atoms with Gasteiger partial charge in [0.2, 0.25) is 0 Å². The number of fused-ring (bicyclic) bond motifs is 2. The normalized spacial score (nSPS) is 19.6. The van der Waals surface area contributed by atoms with Gasteiger partial charge in [0.25, 0.3) is 0 Å². The van der Waals surface area contributed by atoms with Gasteiger partial charge in [-0.2, -0.15) is 0 Å². The van der Waals surface area contributed by atoms with E-state index in [1.165, 1.54) is 11.1 Å². The monoisotopic (exact) mass is 523 g/mol. The van der Waals surface area contributed by atoms with Gasteiger partial charge in [0.1, 0.15) is 17.8 Å². The van der Waals surface area contributed by atoms with Crippen molar-refractivity contribution >= 4 is 27.8 Å². The molecule has 1 fully saturated rings. The van der Waals surface area contributed by atoms with Crippen molar-refractivity contribution in [3.63, 3.8) is 0 Å². The smallest absolute Gasteiger partial charge is 0.160 e. The van der Waals surface area contributed by atoms with Crippen LogP contribution in [0.3, 0.4) is 0 Å². The molecule has 1 aliphatic carbocycles. The Morgan fingerprint density at radius 1 is 1.03 bits per heavy atom. The first-order valence-corrected chi connectivity index (χ1v) is 13.8. The summed E-state index contributed by atoms with van der Waals surface area (Å²) in [5.74, 6) is 0.0288. The fourth-order valence-corrected chi connectivity index (χ4v) is 5.85. The number of ether oxygens (including phenoxy) is 1. The van der Waals surface area contributed by atoms with Crippen molar-refractivity contribution in [2.24, 2.45) is 5.92 Å². The van der Waals surface area contributed by atoms with Crippen LogP contribution < -0.4 is 5.32 Å². The number of rotatable bonds is 9. The second-order valence-corrected chi connectivity index (χ2v) is 11.1. The first kappa shape index (κ1) is 25.5. The van der Waals surface area contributed by atoms with Gasteiger partial charge in [-0.3, -0.25) is 0 Å². The lowest BCUT2D eigenvalue weighted by atomic mass is 9.95. The van der Waals surface area contributed by atoms with Crippen LogP contribution in [-0.2, 0) is 17.7 Å². The standard InChI is InChI=1S/C32H35N5O2.H2/c1-32(2,38)39-29-18-27(37-15-14-26-20-33-21-35-31(26)37)17-25(29)11-9-22-8-10-24-12-13-30(36-28(24)16-22)34-19-23-6-4-3-5-7-23;/h3-8,10,12-16,20-21,25,27,29,38H,9,11,17-19H2,1-2H3,(H,34,36);1H/t25-,27+,29-;/m0./s1. The Bertz CT molecular complexity index is 1570. The summed E-state index contributed by atoms with van der Waals surface area (Å²) in [6.45, 7) is 4.18. The maximum absolute atomic E-state index is 10.5. The molecule has 1 aliphatic rings. The molecule has 0 radical (unpaired) electrons. The predicted molar refractivity (Wildman–Crippen MR) is 156 cm³/mol. The highest BCUT2D eigenvalue weighted by Gasteiger charge is 2.38. The van der Waals surface area contributed by atoms with Crippen molar-refractivity contribution in [3.05, 3.63) is 96.6 Å². The van der Waals surface area contributed by atoms with Crippen molar-refractivity contribution in [2.75, 3.05) is 5.32 Å². The number of hydrogen-bond donors (Lipinski definition) is 2. The highest BCUT2D eigenvalue weighted by Crippen LogP contribution is 2.41. The van der Waals surface area contributed by atoms with Gasteiger partial charge in [-0.25, -0.2) is 15.0 Å². The van der Waals surface area contributed by atoms with Gasteiger partial charge in [0, 0.05) is 37.2 Å². The summed E-state index contributed by atoms with van der Waals surface area (Å²) >= 11 is 0. The number of nitrogens with zero attached hydrogens (tertiary/aromatic N) is 4. The molecule has 0 aliphatic heterocycles. The summed E-state index contributed by atoms with van der Waals surface area (Å²) in [7, 11) is 0. The van der Waals surface area contributed by atoms with Crippen LogP contribution in [0.4, 0.5) is 5.82 Å². The molecule has 1 saturated carbocycles. The van der Waals surface area contributed by atoms with Crippen LogP contribution >= 0.6 is 0 Å². The molecule has 2 aromatic carbocycles. The molecule has 3 aromatic heterocycles. The van der Waals surface area contributed by atoms with Crippen molar-refractivity contribution in [2.45, 2.75) is 64.0 Å². The van der Waals surface area contributed by atoms with E-state index < -0.39 is 5.79 Å². The lowest BCUT2D eigenvalue weighted by Gasteiger charge is -2.27. The Hall–Kier alpha value is -3.81. The van der Waals surface area contributed by atoms with E-state index in [2.05, 4.69) is 80.6 Å². The third-order valence-electron chi connectivity index (χ3n) is 7.69. The van der Waals surface area contributed by atoms with Crippen LogP contribution in [0, 0.1) is 5.92 Å². The molecule has 5 aromatic rings. The van der Waals surface area contributed by atoms with Crippen molar-refractivity contribution in [3.8, 4) is 0 Å². The van der Waals surface area contributed by atoms with Crippen LogP contribution in [-0.4, -0.2) is 36.5 Å². The van der Waals surface area contributed by atoms with E-state index in [1.807, 2.05) is 18.3 Å². The SMILES string of the molecule is CC(C)(O)O[C@H]1C[C@H](n2ccc3cncnc32)C[C@@H]1CCc1ccc2ccc(NCc3ccccc3)nc2c1.[HH]. The van der Waals surface area contributed by atoms with E-state index >= 15 is 0 Å². The molecule has 0 amide bonds. The van der Waals surface area contributed by atoms with Crippen LogP contribution in [0.25, 0.3) is 21.9 Å². The quantitative estimate of drug-likeness (QED) is 0.214. The number of aryl methyl sites for hydroxylation is 1. The fourth-order valence-electron chi connectivity index (χ4n) is 5.85. The molecular formula is C32H37N5O2. The largest absolute Gasteiger partial charge is 0.366 e. The van der Waals surface area contributed by atoms with Crippen molar-refractivity contribution < 1.29 is 11.3 Å². The van der Waals surface area contributed by atoms with E-state index in [0.29, 0.717) is 5.92 Å². The molecule has 7 heteroatoms. The zero-order valence-electron chi connectivity index (χ0n) is 22.5. The average Bonchev–Trinajstić information content (AvgIpc) is 3.54. The maximum atomic E-state index is 10.5. The molecule has 7 nitrogen and oxygen atoms in total. The number of pyridine rings is 1. The molecule has 2 N–H and O–H groups in total. The second-order valence-electron chi connectivity index (χ2n) is 11.1. The minimum atomic E-state index is -1.17. The van der Waals surface area contributed by atoms with Crippen molar-refractivity contribution in [1.82, 2.24) is 19.5 Å². The maximum Gasteiger partial charge on any atom is 0.160 e. The summed E-state index contributed by atoms with van der Waals surface area (Å²) in [6, 6.07) is 23.4. The topological polar surface area (TPSA) is 85.1 Å². The highest BCUT2D eigenvalue weighted by atomic mass is 16.6. The third-order valence-corrected chi connectivity index (χ3v) is 7.69. The first-order chi connectivity index (χ1) is 18.9. The Morgan fingerprint density at radius 2 is 1.87 bits per heavy atom. The lowest BCUT2D eigenvalue weighted by Crippen LogP contribution is -2.32. The molecule has 3 atom stereocenters. The minimum Gasteiger partial charge on any atom is -0.366 e. The zero-order valence-corrected chi connectivity index (χ0v) is 22.5. The van der Waals surface area contributed by atoms with Gasteiger partial charge in [-0.1, -0.05) is 42.5 Å². The van der Waals surface area contributed by atoms with E-state index in [-0.39, 0.29) is 13.6 Å².